The van der Waals surface area contributed by atoms with Crippen molar-refractivity contribution in [2.45, 2.75) is 6.92 Å². The van der Waals surface area contributed by atoms with Gasteiger partial charge in [-0.15, -0.1) is 0 Å². The van der Waals surface area contributed by atoms with E-state index < -0.39 is 0 Å². The fraction of sp³-hybridized carbons (Fsp3) is 0.100. The van der Waals surface area contributed by atoms with Crippen LogP contribution in [0.5, 0.6) is 0 Å². The fourth-order valence-corrected chi connectivity index (χ4v) is 1.90. The Morgan fingerprint density at radius 3 is 2.67 bits per heavy atom. The van der Waals surface area contributed by atoms with Gasteiger partial charge in [-0.2, -0.15) is 0 Å². The minimum Gasteiger partial charge on any atom is -0.312 e. The topological polar surface area (TPSA) is 37.8 Å². The van der Waals surface area contributed by atoms with Gasteiger partial charge >= 0.3 is 5.69 Å². The summed E-state index contributed by atoms with van der Waals surface area (Å²) in [6, 6.07) is 4.34. The standard InChI is InChI=1S/C10H8BrFN2O/c1-6-5-13-10(15)14(6)9-3-7(11)2-8(12)4-9/h2-5H,1H3,(H,13,15). The molecule has 0 spiro atoms. The highest BCUT2D eigenvalue weighted by molar-refractivity contribution is 9.10. The van der Waals surface area contributed by atoms with E-state index in [4.69, 9.17) is 0 Å². The quantitative estimate of drug-likeness (QED) is 0.849. The van der Waals surface area contributed by atoms with Crippen LogP contribution in [0.15, 0.2) is 33.7 Å². The lowest BCUT2D eigenvalue weighted by Crippen LogP contribution is -2.15. The SMILES string of the molecule is Cc1c[nH]c(=O)n1-c1cc(F)cc(Br)c1. The molecule has 3 nitrogen and oxygen atoms in total. The smallest absolute Gasteiger partial charge is 0.312 e. The van der Waals surface area contributed by atoms with Crippen LogP contribution >= 0.6 is 15.9 Å². The molecule has 0 atom stereocenters. The van der Waals surface area contributed by atoms with Crippen molar-refractivity contribution < 1.29 is 4.39 Å². The number of H-pyrrole nitrogens is 1. The summed E-state index contributed by atoms with van der Waals surface area (Å²) < 4.78 is 15.1. The first-order valence-corrected chi connectivity index (χ1v) is 5.11. The Balaban J connectivity index is 2.69. The van der Waals surface area contributed by atoms with Crippen LogP contribution in [-0.4, -0.2) is 9.55 Å². The van der Waals surface area contributed by atoms with E-state index in [0.717, 1.165) is 5.69 Å². The number of benzene rings is 1. The van der Waals surface area contributed by atoms with Crippen LogP contribution in [0.25, 0.3) is 5.69 Å². The highest BCUT2D eigenvalue weighted by Gasteiger charge is 2.06. The molecule has 15 heavy (non-hydrogen) atoms. The lowest BCUT2D eigenvalue weighted by Gasteiger charge is -2.04. The van der Waals surface area contributed by atoms with Crippen molar-refractivity contribution >= 4 is 15.9 Å². The van der Waals surface area contributed by atoms with Crippen molar-refractivity contribution in [3.8, 4) is 5.69 Å². The molecule has 0 aliphatic carbocycles. The third-order valence-electron chi connectivity index (χ3n) is 2.07. The van der Waals surface area contributed by atoms with Crippen LogP contribution in [0.3, 0.4) is 0 Å². The average Bonchev–Trinajstić information content (AvgIpc) is 2.44. The molecule has 0 saturated heterocycles. The third-order valence-corrected chi connectivity index (χ3v) is 2.52. The van der Waals surface area contributed by atoms with Gasteiger partial charge in [0.2, 0.25) is 0 Å². The van der Waals surface area contributed by atoms with Crippen molar-refractivity contribution in [3.63, 3.8) is 0 Å². The maximum atomic E-state index is 13.1. The molecule has 0 aliphatic rings. The number of nitrogens with zero attached hydrogens (tertiary/aromatic N) is 1. The Morgan fingerprint density at radius 2 is 2.13 bits per heavy atom. The third kappa shape index (κ3) is 1.87. The molecule has 0 fully saturated rings. The van der Waals surface area contributed by atoms with Gasteiger partial charge in [-0.25, -0.2) is 9.18 Å². The van der Waals surface area contributed by atoms with Crippen molar-refractivity contribution in [2.75, 3.05) is 0 Å². The first-order chi connectivity index (χ1) is 7.08. The van der Waals surface area contributed by atoms with Gasteiger partial charge in [-0.3, -0.25) is 4.57 Å². The molecule has 2 aromatic rings. The molecular formula is C10H8BrFN2O. The molecule has 0 unspecified atom stereocenters. The molecule has 0 saturated carbocycles. The van der Waals surface area contributed by atoms with E-state index in [9.17, 15) is 9.18 Å². The number of halogens is 2. The maximum Gasteiger partial charge on any atom is 0.330 e. The zero-order valence-electron chi connectivity index (χ0n) is 7.92. The van der Waals surface area contributed by atoms with Gasteiger partial charge in [0.05, 0.1) is 5.69 Å². The largest absolute Gasteiger partial charge is 0.330 e. The van der Waals surface area contributed by atoms with Gasteiger partial charge < -0.3 is 4.98 Å². The first-order valence-electron chi connectivity index (χ1n) is 4.31. The van der Waals surface area contributed by atoms with Gasteiger partial charge in [0, 0.05) is 16.4 Å². The molecular weight excluding hydrogens is 263 g/mol. The Labute approximate surface area is 93.7 Å². The molecule has 1 heterocycles. The van der Waals surface area contributed by atoms with E-state index in [1.807, 2.05) is 0 Å². The minimum atomic E-state index is -0.383. The van der Waals surface area contributed by atoms with Crippen LogP contribution in [-0.2, 0) is 0 Å². The normalized spacial score (nSPS) is 10.6. The molecule has 1 N–H and O–H groups in total. The number of hydrogen-bond acceptors (Lipinski definition) is 1. The van der Waals surface area contributed by atoms with Gasteiger partial charge in [-0.1, -0.05) is 15.9 Å². The maximum absolute atomic E-state index is 13.1. The number of aryl methyl sites for hydroxylation is 1. The van der Waals surface area contributed by atoms with Crippen LogP contribution in [0.4, 0.5) is 4.39 Å². The van der Waals surface area contributed by atoms with Crippen LogP contribution in [0.1, 0.15) is 5.69 Å². The summed E-state index contributed by atoms with van der Waals surface area (Å²) in [6.07, 6.45) is 1.58. The average molecular weight is 271 g/mol. The van der Waals surface area contributed by atoms with Crippen molar-refractivity contribution in [3.05, 3.63) is 50.9 Å². The van der Waals surface area contributed by atoms with E-state index in [0.29, 0.717) is 10.2 Å². The van der Waals surface area contributed by atoms with Crippen LogP contribution in [0, 0.1) is 12.7 Å². The minimum absolute atomic E-state index is 0.273. The summed E-state index contributed by atoms with van der Waals surface area (Å²) in [6.45, 7) is 1.77. The Hall–Kier alpha value is -1.36. The molecule has 78 valence electrons. The number of aromatic amines is 1. The van der Waals surface area contributed by atoms with E-state index >= 15 is 0 Å². The monoisotopic (exact) mass is 270 g/mol. The molecule has 1 aromatic heterocycles. The number of aromatic nitrogens is 2. The Morgan fingerprint density at radius 1 is 1.40 bits per heavy atom. The number of imidazole rings is 1. The summed E-state index contributed by atoms with van der Waals surface area (Å²) in [5.74, 6) is -0.383. The van der Waals surface area contributed by atoms with Gasteiger partial charge in [0.1, 0.15) is 5.82 Å². The van der Waals surface area contributed by atoms with Gasteiger partial charge in [0.25, 0.3) is 0 Å². The second-order valence-electron chi connectivity index (χ2n) is 3.20. The summed E-state index contributed by atoms with van der Waals surface area (Å²) in [5.41, 5.74) is 0.966. The second-order valence-corrected chi connectivity index (χ2v) is 4.11. The predicted molar refractivity (Wildman–Crippen MR) is 58.8 cm³/mol. The molecule has 0 aliphatic heterocycles. The zero-order chi connectivity index (χ0) is 11.0. The molecule has 0 bridgehead atoms. The molecule has 0 amide bonds. The number of rotatable bonds is 1. The molecule has 2 rings (SSSR count). The molecule has 5 heteroatoms. The van der Waals surface area contributed by atoms with E-state index in [-0.39, 0.29) is 11.5 Å². The highest BCUT2D eigenvalue weighted by Crippen LogP contribution is 2.17. The van der Waals surface area contributed by atoms with Gasteiger partial charge in [-0.05, 0) is 25.1 Å². The summed E-state index contributed by atoms with van der Waals surface area (Å²) in [5, 5.41) is 0. The van der Waals surface area contributed by atoms with Crippen molar-refractivity contribution in [1.82, 2.24) is 9.55 Å². The van der Waals surface area contributed by atoms with Crippen molar-refractivity contribution in [1.29, 1.82) is 0 Å². The Bertz CT molecular complexity index is 539. The molecule has 1 aromatic carbocycles. The lowest BCUT2D eigenvalue weighted by atomic mass is 10.3. The van der Waals surface area contributed by atoms with Crippen LogP contribution in [0.2, 0.25) is 0 Å². The fourth-order valence-electron chi connectivity index (χ4n) is 1.44. The number of nitrogens with one attached hydrogen (secondary N) is 1. The Kier molecular flexibility index (Phi) is 2.48. The summed E-state index contributed by atoms with van der Waals surface area (Å²) >= 11 is 3.18. The van der Waals surface area contributed by atoms with Crippen molar-refractivity contribution in [2.24, 2.45) is 0 Å². The van der Waals surface area contributed by atoms with E-state index in [1.165, 1.54) is 16.7 Å². The van der Waals surface area contributed by atoms with Crippen LogP contribution < -0.4 is 5.69 Å². The summed E-state index contributed by atoms with van der Waals surface area (Å²) in [4.78, 5) is 14.0. The summed E-state index contributed by atoms with van der Waals surface area (Å²) in [7, 11) is 0. The predicted octanol–water partition coefficient (Wildman–Crippen LogP) is 2.38. The zero-order valence-corrected chi connectivity index (χ0v) is 9.51. The number of hydrogen-bond donors (Lipinski definition) is 1. The molecule has 0 radical (unpaired) electrons. The van der Waals surface area contributed by atoms with E-state index in [2.05, 4.69) is 20.9 Å². The first kappa shape index (κ1) is 10.2. The second kappa shape index (κ2) is 3.66. The lowest BCUT2D eigenvalue weighted by molar-refractivity contribution is 0.625. The highest BCUT2D eigenvalue weighted by atomic mass is 79.9. The van der Waals surface area contributed by atoms with E-state index in [1.54, 1.807) is 19.2 Å². The van der Waals surface area contributed by atoms with Gasteiger partial charge in [0.15, 0.2) is 0 Å².